The third-order valence-electron chi connectivity index (χ3n) is 5.32. The predicted molar refractivity (Wildman–Crippen MR) is 122 cm³/mol. The maximum Gasteiger partial charge on any atom is 0.307 e. The molecule has 3 aromatic carbocycles. The summed E-state index contributed by atoms with van der Waals surface area (Å²) >= 11 is 0. The van der Waals surface area contributed by atoms with E-state index in [9.17, 15) is 15.0 Å². The number of aryl methyl sites for hydroxylation is 1. The van der Waals surface area contributed by atoms with Crippen LogP contribution in [0.3, 0.4) is 0 Å². The molecule has 0 radical (unpaired) electrons. The molecular formula is C26H25NO5. The summed E-state index contributed by atoms with van der Waals surface area (Å²) in [5, 5.41) is 19.6. The fourth-order valence-corrected chi connectivity index (χ4v) is 3.78. The molecule has 4 aromatic rings. The molecule has 164 valence electrons. The van der Waals surface area contributed by atoms with E-state index in [4.69, 9.17) is 14.9 Å². The lowest BCUT2D eigenvalue weighted by molar-refractivity contribution is -0.136. The zero-order valence-corrected chi connectivity index (χ0v) is 17.8. The predicted octanol–water partition coefficient (Wildman–Crippen LogP) is 4.57. The fourth-order valence-electron chi connectivity index (χ4n) is 3.78. The number of nitrogens with two attached hydrogens (primary N) is 1. The highest BCUT2D eigenvalue weighted by molar-refractivity contribution is 5.93. The van der Waals surface area contributed by atoms with Gasteiger partial charge >= 0.3 is 5.97 Å². The molecule has 0 unspecified atom stereocenters. The van der Waals surface area contributed by atoms with E-state index in [1.54, 1.807) is 6.07 Å². The monoisotopic (exact) mass is 431 g/mol. The number of carboxylic acids is 1. The molecule has 0 saturated carbocycles. The highest BCUT2D eigenvalue weighted by Crippen LogP contribution is 2.34. The second-order valence-corrected chi connectivity index (χ2v) is 7.81. The van der Waals surface area contributed by atoms with Crippen molar-refractivity contribution in [2.75, 3.05) is 0 Å². The summed E-state index contributed by atoms with van der Waals surface area (Å²) in [5.41, 5.74) is 11.9. The number of hydrogen-bond donors (Lipinski definition) is 3. The van der Waals surface area contributed by atoms with Crippen molar-refractivity contribution < 1.29 is 24.2 Å². The lowest BCUT2D eigenvalue weighted by Crippen LogP contribution is -2.04. The van der Waals surface area contributed by atoms with Gasteiger partial charge in [-0.05, 0) is 59.5 Å². The largest absolute Gasteiger partial charge is 0.489 e. The summed E-state index contributed by atoms with van der Waals surface area (Å²) in [6.45, 7) is 2.44. The third kappa shape index (κ3) is 4.66. The normalized spacial score (nSPS) is 11.1. The van der Waals surface area contributed by atoms with Crippen molar-refractivity contribution in [1.82, 2.24) is 0 Å². The van der Waals surface area contributed by atoms with E-state index in [-0.39, 0.29) is 19.6 Å². The smallest absolute Gasteiger partial charge is 0.307 e. The number of benzene rings is 3. The molecule has 0 bridgehead atoms. The number of carboxylic acid groups (broad SMARTS) is 1. The Balaban J connectivity index is 1.72. The van der Waals surface area contributed by atoms with Gasteiger partial charge in [0.25, 0.3) is 0 Å². The van der Waals surface area contributed by atoms with Crippen molar-refractivity contribution in [3.63, 3.8) is 0 Å². The first kappa shape index (κ1) is 21.6. The van der Waals surface area contributed by atoms with Gasteiger partial charge in [-0.1, -0.05) is 30.3 Å². The highest BCUT2D eigenvalue weighted by atomic mass is 16.5. The molecule has 0 aliphatic rings. The number of hydrogen-bond acceptors (Lipinski definition) is 5. The van der Waals surface area contributed by atoms with E-state index in [0.717, 1.165) is 33.2 Å². The molecule has 0 amide bonds. The van der Waals surface area contributed by atoms with Gasteiger partial charge in [0.05, 0.1) is 6.42 Å². The van der Waals surface area contributed by atoms with Gasteiger partial charge < -0.3 is 25.1 Å². The lowest BCUT2D eigenvalue weighted by Gasteiger charge is -2.13. The molecule has 6 heteroatoms. The number of ether oxygens (including phenoxy) is 1. The van der Waals surface area contributed by atoms with Crippen molar-refractivity contribution in [3.05, 3.63) is 88.7 Å². The number of aliphatic carboxylic acids is 1. The van der Waals surface area contributed by atoms with Gasteiger partial charge in [0.1, 0.15) is 30.3 Å². The van der Waals surface area contributed by atoms with Gasteiger partial charge in [-0.3, -0.25) is 4.79 Å². The first-order chi connectivity index (χ1) is 15.5. The maximum absolute atomic E-state index is 11.2. The molecule has 1 heterocycles. The minimum absolute atomic E-state index is 0.104. The average Bonchev–Trinajstić information content (AvgIpc) is 3.21. The van der Waals surface area contributed by atoms with E-state index in [2.05, 4.69) is 0 Å². The number of furan rings is 1. The summed E-state index contributed by atoms with van der Waals surface area (Å²) in [5.74, 6) is 0.135. The van der Waals surface area contributed by atoms with Crippen LogP contribution in [0, 0.1) is 6.92 Å². The van der Waals surface area contributed by atoms with E-state index < -0.39 is 5.97 Å². The molecule has 0 fully saturated rings. The molecular weight excluding hydrogens is 406 g/mol. The number of carbonyl (C=O) groups is 1. The van der Waals surface area contributed by atoms with Crippen LogP contribution in [-0.2, 0) is 31.0 Å². The molecule has 6 nitrogen and oxygen atoms in total. The Hall–Kier alpha value is -3.61. The Kier molecular flexibility index (Phi) is 6.25. The summed E-state index contributed by atoms with van der Waals surface area (Å²) in [6, 6.07) is 19.2. The van der Waals surface area contributed by atoms with Gasteiger partial charge in [0.15, 0.2) is 0 Å². The van der Waals surface area contributed by atoms with Gasteiger partial charge in [0.2, 0.25) is 0 Å². The quantitative estimate of drug-likeness (QED) is 0.377. The second-order valence-electron chi connectivity index (χ2n) is 7.81. The molecule has 0 spiro atoms. The van der Waals surface area contributed by atoms with Crippen molar-refractivity contribution >= 4 is 16.9 Å². The molecule has 0 aliphatic carbocycles. The Bertz CT molecular complexity index is 1270. The third-order valence-corrected chi connectivity index (χ3v) is 5.32. The summed E-state index contributed by atoms with van der Waals surface area (Å²) in [7, 11) is 0. The number of fused-ring (bicyclic) bond motifs is 1. The Morgan fingerprint density at radius 3 is 2.66 bits per heavy atom. The highest BCUT2D eigenvalue weighted by Gasteiger charge is 2.14. The van der Waals surface area contributed by atoms with Crippen LogP contribution < -0.4 is 10.5 Å². The molecule has 0 atom stereocenters. The minimum Gasteiger partial charge on any atom is -0.489 e. The van der Waals surface area contributed by atoms with Crippen LogP contribution in [0.2, 0.25) is 0 Å². The zero-order valence-electron chi connectivity index (χ0n) is 17.8. The number of aliphatic hydroxyl groups excluding tert-OH is 1. The first-order valence-corrected chi connectivity index (χ1v) is 10.4. The lowest BCUT2D eigenvalue weighted by atomic mass is 9.99. The zero-order chi connectivity index (χ0) is 22.7. The van der Waals surface area contributed by atoms with Crippen LogP contribution in [0.25, 0.3) is 22.1 Å². The average molecular weight is 431 g/mol. The van der Waals surface area contributed by atoms with Gasteiger partial charge in [-0.15, -0.1) is 0 Å². The number of rotatable bonds is 8. The van der Waals surface area contributed by atoms with E-state index in [0.29, 0.717) is 29.2 Å². The summed E-state index contributed by atoms with van der Waals surface area (Å²) < 4.78 is 11.9. The van der Waals surface area contributed by atoms with Crippen LogP contribution in [0.15, 0.2) is 65.1 Å². The van der Waals surface area contributed by atoms with Crippen molar-refractivity contribution in [2.24, 2.45) is 5.73 Å². The molecule has 4 rings (SSSR count). The van der Waals surface area contributed by atoms with E-state index in [1.807, 2.05) is 61.5 Å². The van der Waals surface area contributed by atoms with Crippen LogP contribution in [-0.4, -0.2) is 16.2 Å². The minimum atomic E-state index is -0.905. The van der Waals surface area contributed by atoms with Crippen LogP contribution >= 0.6 is 0 Å². The molecule has 0 aliphatic heterocycles. The van der Waals surface area contributed by atoms with Crippen molar-refractivity contribution in [2.45, 2.75) is 33.1 Å². The standard InChI is InChI=1S/C26H25NO5/c1-16-5-6-20(12-25(29)30)24(7-16)31-15-18-9-21-11-22(14-28)32-26(21)23(10-18)19-4-2-3-17(8-19)13-27/h2-11,28H,12-15,27H2,1H3,(H,29,30). The van der Waals surface area contributed by atoms with E-state index in [1.165, 1.54) is 0 Å². The van der Waals surface area contributed by atoms with Crippen LogP contribution in [0.4, 0.5) is 0 Å². The Morgan fingerprint density at radius 2 is 1.91 bits per heavy atom. The molecule has 32 heavy (non-hydrogen) atoms. The summed E-state index contributed by atoms with van der Waals surface area (Å²) in [6.07, 6.45) is -0.104. The topological polar surface area (TPSA) is 106 Å². The SMILES string of the molecule is Cc1ccc(CC(=O)O)c(OCc2cc(-c3cccc(CN)c3)c3oc(CO)cc3c2)c1. The molecule has 1 aromatic heterocycles. The fraction of sp³-hybridized carbons (Fsp3) is 0.192. The first-order valence-electron chi connectivity index (χ1n) is 10.4. The van der Waals surface area contributed by atoms with Crippen LogP contribution in [0.5, 0.6) is 5.75 Å². The van der Waals surface area contributed by atoms with Crippen molar-refractivity contribution in [3.8, 4) is 16.9 Å². The Morgan fingerprint density at radius 1 is 1.06 bits per heavy atom. The van der Waals surface area contributed by atoms with Gasteiger partial charge in [0, 0.05) is 23.1 Å². The van der Waals surface area contributed by atoms with Crippen LogP contribution in [0.1, 0.15) is 28.0 Å². The van der Waals surface area contributed by atoms with Gasteiger partial charge in [-0.25, -0.2) is 0 Å². The van der Waals surface area contributed by atoms with Gasteiger partial charge in [-0.2, -0.15) is 0 Å². The summed E-state index contributed by atoms with van der Waals surface area (Å²) in [4.78, 5) is 11.2. The van der Waals surface area contributed by atoms with Crippen molar-refractivity contribution in [1.29, 1.82) is 0 Å². The molecule has 0 saturated heterocycles. The number of aliphatic hydroxyl groups is 1. The second kappa shape index (κ2) is 9.26. The maximum atomic E-state index is 11.2. The molecule has 4 N–H and O–H groups in total. The Labute approximate surface area is 185 Å². The van der Waals surface area contributed by atoms with E-state index >= 15 is 0 Å².